The van der Waals surface area contributed by atoms with E-state index < -0.39 is 27.4 Å². The number of rotatable bonds is 7. The van der Waals surface area contributed by atoms with Gasteiger partial charge >= 0.3 is 0 Å². The number of amides is 1. The molecule has 1 amide bonds. The number of hydrogen-bond donors (Lipinski definition) is 1. The van der Waals surface area contributed by atoms with Crippen LogP contribution in [0.15, 0.2) is 77.7 Å². The lowest BCUT2D eigenvalue weighted by atomic mass is 10.1. The van der Waals surface area contributed by atoms with E-state index in [4.69, 9.17) is 0 Å². The Bertz CT molecular complexity index is 1230. The van der Waals surface area contributed by atoms with Gasteiger partial charge in [0.25, 0.3) is 15.7 Å². The van der Waals surface area contributed by atoms with Crippen LogP contribution in [0.2, 0.25) is 0 Å². The molecule has 3 aromatic rings. The molecule has 0 saturated heterocycles. The molecule has 0 radical (unpaired) electrons. The van der Waals surface area contributed by atoms with Crippen LogP contribution in [0.4, 0.5) is 17.1 Å². The molecule has 31 heavy (non-hydrogen) atoms. The average Bonchev–Trinajstić information content (AvgIpc) is 2.75. The van der Waals surface area contributed by atoms with E-state index in [1.54, 1.807) is 42.5 Å². The molecule has 0 atom stereocenters. The van der Waals surface area contributed by atoms with Crippen LogP contribution in [0.25, 0.3) is 0 Å². The molecule has 0 aromatic heterocycles. The fourth-order valence-electron chi connectivity index (χ4n) is 2.97. The number of aryl methyl sites for hydroxylation is 2. The molecule has 3 aromatic carbocycles. The Morgan fingerprint density at radius 2 is 1.61 bits per heavy atom. The third kappa shape index (κ3) is 4.89. The van der Waals surface area contributed by atoms with Crippen LogP contribution in [0, 0.1) is 24.0 Å². The summed E-state index contributed by atoms with van der Waals surface area (Å²) in [4.78, 5) is 23.4. The maximum atomic E-state index is 13.3. The van der Waals surface area contributed by atoms with Gasteiger partial charge in [-0.25, -0.2) is 8.42 Å². The molecule has 0 aliphatic rings. The number of nitrogens with one attached hydrogen (secondary N) is 1. The van der Waals surface area contributed by atoms with Crippen LogP contribution < -0.4 is 9.62 Å². The number of nitrogens with zero attached hydrogens (tertiary/aromatic N) is 2. The van der Waals surface area contributed by atoms with Crippen LogP contribution in [-0.2, 0) is 14.8 Å². The summed E-state index contributed by atoms with van der Waals surface area (Å²) >= 11 is 0. The first-order valence-corrected chi connectivity index (χ1v) is 10.8. The molecule has 0 unspecified atom stereocenters. The number of carbonyl (C=O) groups excluding carboxylic acids is 1. The summed E-state index contributed by atoms with van der Waals surface area (Å²) in [6.07, 6.45) is 0. The highest BCUT2D eigenvalue weighted by Crippen LogP contribution is 2.27. The summed E-state index contributed by atoms with van der Waals surface area (Å²) in [5, 5.41) is 13.7. The summed E-state index contributed by atoms with van der Waals surface area (Å²) in [6, 6.07) is 18.6. The maximum Gasteiger partial charge on any atom is 0.292 e. The van der Waals surface area contributed by atoms with E-state index in [0.29, 0.717) is 5.69 Å². The van der Waals surface area contributed by atoms with Crippen LogP contribution in [0.5, 0.6) is 0 Å². The molecule has 0 heterocycles. The van der Waals surface area contributed by atoms with E-state index in [1.165, 1.54) is 30.3 Å². The number of nitro groups is 1. The number of nitro benzene ring substituents is 1. The van der Waals surface area contributed by atoms with Gasteiger partial charge in [0.1, 0.15) is 12.2 Å². The molecule has 0 aliphatic heterocycles. The fraction of sp³-hybridized carbons (Fsp3) is 0.136. The summed E-state index contributed by atoms with van der Waals surface area (Å²) in [5.41, 5.74) is 1.88. The zero-order valence-corrected chi connectivity index (χ0v) is 17.8. The Labute approximate surface area is 180 Å². The van der Waals surface area contributed by atoms with Crippen molar-refractivity contribution in [2.24, 2.45) is 0 Å². The zero-order chi connectivity index (χ0) is 22.6. The third-order valence-electron chi connectivity index (χ3n) is 4.77. The highest BCUT2D eigenvalue weighted by Gasteiger charge is 2.28. The van der Waals surface area contributed by atoms with Gasteiger partial charge in [0.15, 0.2) is 0 Å². The van der Waals surface area contributed by atoms with Crippen molar-refractivity contribution in [1.82, 2.24) is 0 Å². The molecule has 8 nitrogen and oxygen atoms in total. The second-order valence-electron chi connectivity index (χ2n) is 6.92. The van der Waals surface area contributed by atoms with Crippen molar-refractivity contribution in [3.05, 3.63) is 94.0 Å². The van der Waals surface area contributed by atoms with Gasteiger partial charge in [-0.15, -0.1) is 0 Å². The zero-order valence-electron chi connectivity index (χ0n) is 17.0. The minimum absolute atomic E-state index is 0.00496. The van der Waals surface area contributed by atoms with Crippen molar-refractivity contribution in [1.29, 1.82) is 0 Å². The Morgan fingerprint density at radius 1 is 0.968 bits per heavy atom. The minimum Gasteiger partial charge on any atom is -0.319 e. The number of anilines is 2. The molecule has 9 heteroatoms. The SMILES string of the molecule is Cc1ccc(N(CC(=O)Nc2ccccc2[N+](=O)[O-])S(=O)(=O)c2ccccc2)cc1C. The van der Waals surface area contributed by atoms with E-state index in [-0.39, 0.29) is 16.3 Å². The first-order chi connectivity index (χ1) is 14.7. The molecular formula is C22H21N3O5S. The minimum atomic E-state index is -4.06. The summed E-state index contributed by atoms with van der Waals surface area (Å²) in [5.74, 6) is -0.702. The maximum absolute atomic E-state index is 13.3. The molecule has 0 spiro atoms. The Morgan fingerprint density at radius 3 is 2.26 bits per heavy atom. The lowest BCUT2D eigenvalue weighted by Crippen LogP contribution is -2.38. The van der Waals surface area contributed by atoms with Crippen molar-refractivity contribution in [3.8, 4) is 0 Å². The third-order valence-corrected chi connectivity index (χ3v) is 6.56. The standard InChI is InChI=1S/C22H21N3O5S/c1-16-12-13-18(14-17(16)2)24(31(29,30)19-8-4-3-5-9-19)15-22(26)23-20-10-6-7-11-21(20)25(27)28/h3-14H,15H2,1-2H3,(H,23,26). The summed E-state index contributed by atoms with van der Waals surface area (Å²) < 4.78 is 27.7. The Balaban J connectivity index is 1.98. The second-order valence-corrected chi connectivity index (χ2v) is 8.78. The number of benzene rings is 3. The van der Waals surface area contributed by atoms with Crippen molar-refractivity contribution >= 4 is 33.0 Å². The number of carbonyl (C=O) groups is 1. The number of hydrogen-bond acceptors (Lipinski definition) is 5. The smallest absolute Gasteiger partial charge is 0.292 e. The average molecular weight is 439 g/mol. The van der Waals surface area contributed by atoms with Gasteiger partial charge in [-0.05, 0) is 55.3 Å². The Hall–Kier alpha value is -3.72. The molecule has 160 valence electrons. The first kappa shape index (κ1) is 22.0. The van der Waals surface area contributed by atoms with E-state index in [0.717, 1.165) is 15.4 Å². The van der Waals surface area contributed by atoms with Crippen molar-refractivity contribution in [2.45, 2.75) is 18.7 Å². The molecule has 0 bridgehead atoms. The monoisotopic (exact) mass is 439 g/mol. The normalized spacial score (nSPS) is 11.0. The van der Waals surface area contributed by atoms with Crippen LogP contribution in [0.3, 0.4) is 0 Å². The lowest BCUT2D eigenvalue weighted by molar-refractivity contribution is -0.383. The van der Waals surface area contributed by atoms with E-state index in [9.17, 15) is 23.3 Å². The van der Waals surface area contributed by atoms with Gasteiger partial charge in [0.05, 0.1) is 15.5 Å². The largest absolute Gasteiger partial charge is 0.319 e. The lowest BCUT2D eigenvalue weighted by Gasteiger charge is -2.24. The highest BCUT2D eigenvalue weighted by atomic mass is 32.2. The molecule has 0 aliphatic carbocycles. The van der Waals surface area contributed by atoms with Crippen LogP contribution >= 0.6 is 0 Å². The molecule has 0 saturated carbocycles. The van der Waals surface area contributed by atoms with Crippen LogP contribution in [-0.4, -0.2) is 25.8 Å². The van der Waals surface area contributed by atoms with Crippen molar-refractivity contribution in [3.63, 3.8) is 0 Å². The Kier molecular flexibility index (Phi) is 6.36. The molecule has 0 fully saturated rings. The van der Waals surface area contributed by atoms with Gasteiger partial charge in [-0.2, -0.15) is 0 Å². The fourth-order valence-corrected chi connectivity index (χ4v) is 4.41. The van der Waals surface area contributed by atoms with E-state index >= 15 is 0 Å². The predicted octanol–water partition coefficient (Wildman–Crippen LogP) is 4.05. The molecule has 3 rings (SSSR count). The summed E-state index contributed by atoms with van der Waals surface area (Å²) in [6.45, 7) is 3.20. The van der Waals surface area contributed by atoms with Crippen LogP contribution in [0.1, 0.15) is 11.1 Å². The van der Waals surface area contributed by atoms with Gasteiger partial charge in [-0.3, -0.25) is 19.2 Å². The van der Waals surface area contributed by atoms with Gasteiger partial charge < -0.3 is 5.32 Å². The molecular weight excluding hydrogens is 418 g/mol. The number of sulfonamides is 1. The summed E-state index contributed by atoms with van der Waals surface area (Å²) in [7, 11) is -4.06. The predicted molar refractivity (Wildman–Crippen MR) is 119 cm³/mol. The van der Waals surface area contributed by atoms with Crippen molar-refractivity contribution < 1.29 is 18.1 Å². The van der Waals surface area contributed by atoms with Gasteiger partial charge in [0, 0.05) is 6.07 Å². The van der Waals surface area contributed by atoms with Gasteiger partial charge in [-0.1, -0.05) is 36.4 Å². The number of para-hydroxylation sites is 2. The van der Waals surface area contributed by atoms with Gasteiger partial charge in [0.2, 0.25) is 5.91 Å². The van der Waals surface area contributed by atoms with E-state index in [2.05, 4.69) is 5.32 Å². The second kappa shape index (κ2) is 8.97. The van der Waals surface area contributed by atoms with Crippen molar-refractivity contribution in [2.75, 3.05) is 16.2 Å². The highest BCUT2D eigenvalue weighted by molar-refractivity contribution is 7.92. The first-order valence-electron chi connectivity index (χ1n) is 9.38. The topological polar surface area (TPSA) is 110 Å². The quantitative estimate of drug-likeness (QED) is 0.441. The molecule has 1 N–H and O–H groups in total. The van der Waals surface area contributed by atoms with E-state index in [1.807, 2.05) is 13.8 Å².